The maximum atomic E-state index is 12.3. The molecule has 1 saturated heterocycles. The van der Waals surface area contributed by atoms with Crippen molar-refractivity contribution in [1.29, 1.82) is 0 Å². The van der Waals surface area contributed by atoms with Gasteiger partial charge in [-0.2, -0.15) is 0 Å². The Bertz CT molecular complexity index is 797. The lowest BCUT2D eigenvalue weighted by Crippen LogP contribution is -2.41. The number of primary sulfonamides is 1. The van der Waals surface area contributed by atoms with Crippen molar-refractivity contribution in [2.45, 2.75) is 30.2 Å². The van der Waals surface area contributed by atoms with Crippen molar-refractivity contribution in [1.82, 2.24) is 5.32 Å². The summed E-state index contributed by atoms with van der Waals surface area (Å²) in [6.45, 7) is 0.618. The Balaban J connectivity index is 0.00000243. The number of amides is 2. The molecule has 1 aliphatic carbocycles. The van der Waals surface area contributed by atoms with Gasteiger partial charge in [0.1, 0.15) is 0 Å². The summed E-state index contributed by atoms with van der Waals surface area (Å²) in [5.41, 5.74) is 6.39. The first-order chi connectivity index (χ1) is 11.8. The summed E-state index contributed by atoms with van der Waals surface area (Å²) in [6, 6.07) is 5.81. The molecule has 1 heterocycles. The molecule has 2 fully saturated rings. The number of nitrogens with two attached hydrogens (primary N) is 2. The van der Waals surface area contributed by atoms with E-state index in [2.05, 4.69) is 5.32 Å². The fraction of sp³-hybridized carbons (Fsp3) is 0.500. The van der Waals surface area contributed by atoms with Gasteiger partial charge in [-0.15, -0.1) is 12.4 Å². The van der Waals surface area contributed by atoms with Gasteiger partial charge in [-0.05, 0) is 37.0 Å². The van der Waals surface area contributed by atoms with E-state index in [4.69, 9.17) is 10.9 Å². The standard InChI is InChI=1S/C16H22N4O4S.ClH/c17-14(10-4-5-10)8-19-16(22)11-6-15(21)20(9-11)12-2-1-3-13(7-12)25(18,23)24;/h1-3,7,10-11,14H,4-6,8-9,17H2,(H,19,22)(H2,18,23,24);1H. The molecule has 0 radical (unpaired) electrons. The maximum absolute atomic E-state index is 12.3. The summed E-state index contributed by atoms with van der Waals surface area (Å²) in [6.07, 6.45) is 2.30. The van der Waals surface area contributed by atoms with Gasteiger partial charge in [-0.25, -0.2) is 13.6 Å². The normalized spacial score (nSPS) is 21.2. The van der Waals surface area contributed by atoms with Crippen LogP contribution in [0.25, 0.3) is 0 Å². The van der Waals surface area contributed by atoms with Crippen LogP contribution in [0.15, 0.2) is 29.2 Å². The molecule has 0 bridgehead atoms. The third kappa shape index (κ3) is 4.73. The zero-order chi connectivity index (χ0) is 18.2. The molecular formula is C16H23ClN4O4S. The maximum Gasteiger partial charge on any atom is 0.238 e. The molecule has 5 N–H and O–H groups in total. The Labute approximate surface area is 158 Å². The molecule has 8 nitrogen and oxygen atoms in total. The van der Waals surface area contributed by atoms with Crippen molar-refractivity contribution in [3.63, 3.8) is 0 Å². The summed E-state index contributed by atoms with van der Waals surface area (Å²) < 4.78 is 22.9. The second-order valence-corrected chi connectivity index (χ2v) is 8.26. The molecule has 2 aliphatic rings. The third-order valence-corrected chi connectivity index (χ3v) is 5.60. The molecule has 1 saturated carbocycles. The summed E-state index contributed by atoms with van der Waals surface area (Å²) in [7, 11) is -3.85. The lowest BCUT2D eigenvalue weighted by Gasteiger charge is -2.18. The van der Waals surface area contributed by atoms with E-state index in [1.807, 2.05) is 0 Å². The Morgan fingerprint density at radius 1 is 1.35 bits per heavy atom. The smallest absolute Gasteiger partial charge is 0.238 e. The van der Waals surface area contributed by atoms with Crippen LogP contribution in [0.3, 0.4) is 0 Å². The quantitative estimate of drug-likeness (QED) is 0.613. The number of carbonyl (C=O) groups is 2. The van der Waals surface area contributed by atoms with Gasteiger partial charge in [0.25, 0.3) is 0 Å². The van der Waals surface area contributed by atoms with Crippen LogP contribution in [-0.4, -0.2) is 39.4 Å². The number of benzene rings is 1. The van der Waals surface area contributed by atoms with E-state index < -0.39 is 15.9 Å². The van der Waals surface area contributed by atoms with Gasteiger partial charge in [0, 0.05) is 31.2 Å². The number of sulfonamides is 1. The number of carbonyl (C=O) groups excluding carboxylic acids is 2. The van der Waals surface area contributed by atoms with Crippen LogP contribution in [0.5, 0.6) is 0 Å². The van der Waals surface area contributed by atoms with Crippen LogP contribution >= 0.6 is 12.4 Å². The molecule has 1 aromatic rings. The zero-order valence-corrected chi connectivity index (χ0v) is 15.8. The van der Waals surface area contributed by atoms with Crippen molar-refractivity contribution >= 4 is 39.9 Å². The van der Waals surface area contributed by atoms with Crippen LogP contribution < -0.4 is 21.1 Å². The van der Waals surface area contributed by atoms with Crippen LogP contribution in [-0.2, 0) is 19.6 Å². The van der Waals surface area contributed by atoms with Gasteiger partial charge < -0.3 is 16.0 Å². The minimum Gasteiger partial charge on any atom is -0.354 e. The molecule has 1 aliphatic heterocycles. The Morgan fingerprint density at radius 3 is 2.65 bits per heavy atom. The summed E-state index contributed by atoms with van der Waals surface area (Å²) in [4.78, 5) is 25.9. The van der Waals surface area contributed by atoms with E-state index >= 15 is 0 Å². The van der Waals surface area contributed by atoms with Crippen molar-refractivity contribution < 1.29 is 18.0 Å². The number of nitrogens with one attached hydrogen (secondary N) is 1. The van der Waals surface area contributed by atoms with Gasteiger partial charge in [0.15, 0.2) is 0 Å². The van der Waals surface area contributed by atoms with E-state index in [1.165, 1.54) is 23.1 Å². The lowest BCUT2D eigenvalue weighted by molar-refractivity contribution is -0.126. The Morgan fingerprint density at radius 2 is 2.04 bits per heavy atom. The molecule has 144 valence electrons. The Kier molecular flexibility index (Phi) is 6.28. The first kappa shape index (κ1) is 20.6. The van der Waals surface area contributed by atoms with Crippen molar-refractivity contribution in [3.05, 3.63) is 24.3 Å². The molecule has 10 heteroatoms. The highest BCUT2D eigenvalue weighted by Crippen LogP contribution is 2.31. The first-order valence-corrected chi connectivity index (χ1v) is 9.77. The van der Waals surface area contributed by atoms with Crippen LogP contribution in [0.4, 0.5) is 5.69 Å². The fourth-order valence-corrected chi connectivity index (χ4v) is 3.57. The Hall–Kier alpha value is -1.68. The monoisotopic (exact) mass is 402 g/mol. The van der Waals surface area contributed by atoms with Gasteiger partial charge in [-0.3, -0.25) is 9.59 Å². The zero-order valence-electron chi connectivity index (χ0n) is 14.1. The number of anilines is 1. The average molecular weight is 403 g/mol. The molecule has 0 aromatic heterocycles. The van der Waals surface area contributed by atoms with Gasteiger partial charge >= 0.3 is 0 Å². The molecule has 2 atom stereocenters. The van der Waals surface area contributed by atoms with Crippen molar-refractivity contribution in [3.8, 4) is 0 Å². The topological polar surface area (TPSA) is 136 Å². The van der Waals surface area contributed by atoms with E-state index in [1.54, 1.807) is 6.07 Å². The second kappa shape index (κ2) is 7.91. The SMILES string of the molecule is Cl.NC(CNC(=O)C1CC(=O)N(c2cccc(S(N)(=O)=O)c2)C1)C1CC1. The second-order valence-electron chi connectivity index (χ2n) is 6.69. The minimum absolute atomic E-state index is 0. The van der Waals surface area contributed by atoms with E-state index in [-0.39, 0.29) is 48.1 Å². The first-order valence-electron chi connectivity index (χ1n) is 8.22. The molecule has 0 spiro atoms. The van der Waals surface area contributed by atoms with E-state index in [0.717, 1.165) is 12.8 Å². The lowest BCUT2D eigenvalue weighted by atomic mass is 10.1. The summed E-state index contributed by atoms with van der Waals surface area (Å²) in [5.74, 6) is -0.409. The minimum atomic E-state index is -3.85. The van der Waals surface area contributed by atoms with Crippen LogP contribution in [0.2, 0.25) is 0 Å². The molecule has 2 unspecified atom stereocenters. The summed E-state index contributed by atoms with van der Waals surface area (Å²) >= 11 is 0. The highest BCUT2D eigenvalue weighted by Gasteiger charge is 2.36. The number of halogens is 1. The van der Waals surface area contributed by atoms with Crippen LogP contribution in [0, 0.1) is 11.8 Å². The molecule has 3 rings (SSSR count). The highest BCUT2D eigenvalue weighted by atomic mass is 35.5. The predicted octanol–water partition coefficient (Wildman–Crippen LogP) is -0.0378. The molecule has 1 aromatic carbocycles. The van der Waals surface area contributed by atoms with Gasteiger partial charge in [-0.1, -0.05) is 6.07 Å². The third-order valence-electron chi connectivity index (χ3n) is 4.69. The summed E-state index contributed by atoms with van der Waals surface area (Å²) in [5, 5.41) is 7.94. The fourth-order valence-electron chi connectivity index (χ4n) is 3.01. The van der Waals surface area contributed by atoms with Crippen LogP contribution in [0.1, 0.15) is 19.3 Å². The number of hydrogen-bond donors (Lipinski definition) is 3. The number of rotatable bonds is 6. The molecule has 26 heavy (non-hydrogen) atoms. The molecule has 2 amide bonds. The number of hydrogen-bond acceptors (Lipinski definition) is 5. The van der Waals surface area contributed by atoms with Crippen molar-refractivity contribution in [2.75, 3.05) is 18.0 Å². The van der Waals surface area contributed by atoms with Crippen molar-refractivity contribution in [2.24, 2.45) is 22.7 Å². The highest BCUT2D eigenvalue weighted by molar-refractivity contribution is 7.89. The van der Waals surface area contributed by atoms with Gasteiger partial charge in [0.2, 0.25) is 21.8 Å². The molecular weight excluding hydrogens is 380 g/mol. The largest absolute Gasteiger partial charge is 0.354 e. The van der Waals surface area contributed by atoms with Gasteiger partial charge in [0.05, 0.1) is 10.8 Å². The van der Waals surface area contributed by atoms with E-state index in [0.29, 0.717) is 18.2 Å². The average Bonchev–Trinajstić information content (AvgIpc) is 3.34. The number of nitrogens with zero attached hydrogens (tertiary/aromatic N) is 1. The van der Waals surface area contributed by atoms with E-state index in [9.17, 15) is 18.0 Å². The predicted molar refractivity (Wildman–Crippen MR) is 99.2 cm³/mol.